The Balaban J connectivity index is 2.12. The second-order valence-electron chi connectivity index (χ2n) is 4.27. The highest BCUT2D eigenvalue weighted by Crippen LogP contribution is 2.40. The summed E-state index contributed by atoms with van der Waals surface area (Å²) in [6.45, 7) is 2.20. The molecular weight excluding hydrogens is 194 g/mol. The molecule has 1 heterocycles. The van der Waals surface area contributed by atoms with E-state index in [2.05, 4.69) is 67.2 Å². The number of hydrogen-bond acceptors (Lipinski definition) is 0. The van der Waals surface area contributed by atoms with Crippen LogP contribution >= 0.6 is 0 Å². The molecule has 0 N–H and O–H groups in total. The Labute approximate surface area is 96.0 Å². The first-order chi connectivity index (χ1) is 7.77. The Kier molecular flexibility index (Phi) is 2.00. The standard InChI is InChI=1S/C15H14N/c1-11-13-7-4-3-6-12(13)10-14(11)15-8-5-9-16(15)2/h3-10H,1-2H3. The summed E-state index contributed by atoms with van der Waals surface area (Å²) < 4.78 is 2.17. The predicted octanol–water partition coefficient (Wildman–Crippen LogP) is 3.52. The molecule has 1 nitrogen and oxygen atoms in total. The molecule has 0 fully saturated rings. The lowest BCUT2D eigenvalue weighted by molar-refractivity contribution is 0.907. The number of nitrogens with zero attached hydrogens (tertiary/aromatic N) is 1. The largest absolute Gasteiger partial charge is 0.351 e. The summed E-state index contributed by atoms with van der Waals surface area (Å²) in [6.07, 6.45) is 4.37. The van der Waals surface area contributed by atoms with E-state index in [1.807, 2.05) is 0 Å². The van der Waals surface area contributed by atoms with Crippen molar-refractivity contribution in [2.45, 2.75) is 6.92 Å². The molecular formula is C15H14N. The summed E-state index contributed by atoms with van der Waals surface area (Å²) in [4.78, 5) is 0. The molecule has 0 saturated carbocycles. The van der Waals surface area contributed by atoms with Crippen LogP contribution in [-0.2, 0) is 7.05 Å². The van der Waals surface area contributed by atoms with Crippen molar-refractivity contribution in [2.75, 3.05) is 0 Å². The third kappa shape index (κ3) is 1.25. The highest BCUT2D eigenvalue weighted by Gasteiger charge is 2.23. The molecule has 0 spiro atoms. The van der Waals surface area contributed by atoms with Gasteiger partial charge in [-0.2, -0.15) is 0 Å². The van der Waals surface area contributed by atoms with Crippen LogP contribution in [0, 0.1) is 5.92 Å². The van der Waals surface area contributed by atoms with Crippen LogP contribution in [0.2, 0.25) is 0 Å². The van der Waals surface area contributed by atoms with Gasteiger partial charge in [-0.25, -0.2) is 0 Å². The molecule has 3 rings (SSSR count). The van der Waals surface area contributed by atoms with Gasteiger partial charge >= 0.3 is 0 Å². The Bertz CT molecular complexity index is 560. The van der Waals surface area contributed by atoms with E-state index in [0.29, 0.717) is 0 Å². The van der Waals surface area contributed by atoms with Crippen molar-refractivity contribution in [3.8, 4) is 0 Å². The van der Waals surface area contributed by atoms with E-state index in [-0.39, 0.29) is 0 Å². The van der Waals surface area contributed by atoms with Crippen LogP contribution in [-0.4, -0.2) is 4.57 Å². The van der Waals surface area contributed by atoms with Gasteiger partial charge in [-0.05, 0) is 34.9 Å². The number of aryl methyl sites for hydroxylation is 1. The maximum Gasteiger partial charge on any atom is 0.0446 e. The Morgan fingerprint density at radius 2 is 1.81 bits per heavy atom. The molecule has 1 aromatic carbocycles. The van der Waals surface area contributed by atoms with Gasteiger partial charge in [0.1, 0.15) is 0 Å². The van der Waals surface area contributed by atoms with Gasteiger partial charge in [-0.1, -0.05) is 31.2 Å². The number of aromatic nitrogens is 1. The molecule has 0 bridgehead atoms. The Hall–Kier alpha value is -1.76. The average Bonchev–Trinajstić information content (AvgIpc) is 2.84. The minimum Gasteiger partial charge on any atom is -0.351 e. The van der Waals surface area contributed by atoms with Crippen molar-refractivity contribution < 1.29 is 0 Å². The molecule has 1 aliphatic carbocycles. The van der Waals surface area contributed by atoms with Crippen LogP contribution in [0.1, 0.15) is 23.7 Å². The summed E-state index contributed by atoms with van der Waals surface area (Å²) >= 11 is 0. The number of hydrogen-bond donors (Lipinski definition) is 0. The molecule has 0 aliphatic heterocycles. The fourth-order valence-electron chi connectivity index (χ4n) is 2.38. The maximum atomic E-state index is 2.28. The lowest BCUT2D eigenvalue weighted by atomic mass is 9.96. The highest BCUT2D eigenvalue weighted by molar-refractivity contribution is 5.97. The van der Waals surface area contributed by atoms with E-state index in [1.54, 1.807) is 0 Å². The van der Waals surface area contributed by atoms with Crippen molar-refractivity contribution in [2.24, 2.45) is 7.05 Å². The van der Waals surface area contributed by atoms with Crippen LogP contribution in [0.4, 0.5) is 0 Å². The van der Waals surface area contributed by atoms with Gasteiger partial charge in [0.25, 0.3) is 0 Å². The predicted molar refractivity (Wildman–Crippen MR) is 67.7 cm³/mol. The minimum absolute atomic E-state index is 1.29. The van der Waals surface area contributed by atoms with E-state index >= 15 is 0 Å². The Morgan fingerprint density at radius 1 is 1.00 bits per heavy atom. The third-order valence-electron chi connectivity index (χ3n) is 3.29. The fourth-order valence-corrected chi connectivity index (χ4v) is 2.38. The van der Waals surface area contributed by atoms with Gasteiger partial charge in [-0.3, -0.25) is 0 Å². The number of benzene rings is 1. The van der Waals surface area contributed by atoms with Crippen molar-refractivity contribution >= 4 is 11.6 Å². The molecule has 0 saturated heterocycles. The number of rotatable bonds is 1. The zero-order valence-electron chi connectivity index (χ0n) is 9.57. The van der Waals surface area contributed by atoms with Crippen molar-refractivity contribution in [1.82, 2.24) is 4.57 Å². The normalized spacial score (nSPS) is 15.0. The van der Waals surface area contributed by atoms with Gasteiger partial charge in [0, 0.05) is 24.9 Å². The van der Waals surface area contributed by atoms with Gasteiger partial charge < -0.3 is 4.57 Å². The summed E-state index contributed by atoms with van der Waals surface area (Å²) in [6, 6.07) is 12.8. The summed E-state index contributed by atoms with van der Waals surface area (Å²) in [5.74, 6) is 1.37. The number of fused-ring (bicyclic) bond motifs is 1. The summed E-state index contributed by atoms with van der Waals surface area (Å²) in [5, 5.41) is 0. The van der Waals surface area contributed by atoms with Crippen LogP contribution in [0.15, 0.2) is 42.6 Å². The Morgan fingerprint density at radius 3 is 2.50 bits per heavy atom. The van der Waals surface area contributed by atoms with E-state index in [0.717, 1.165) is 0 Å². The molecule has 2 aromatic rings. The lowest BCUT2D eigenvalue weighted by Crippen LogP contribution is -1.98. The first-order valence-electron chi connectivity index (χ1n) is 5.54. The first-order valence-corrected chi connectivity index (χ1v) is 5.54. The fraction of sp³-hybridized carbons (Fsp3) is 0.133. The van der Waals surface area contributed by atoms with E-state index in [1.165, 1.54) is 28.3 Å². The second kappa shape index (κ2) is 3.38. The van der Waals surface area contributed by atoms with E-state index in [9.17, 15) is 0 Å². The molecule has 79 valence electrons. The molecule has 0 atom stereocenters. The molecule has 1 heteroatoms. The zero-order chi connectivity index (χ0) is 11.1. The molecule has 0 amide bonds. The monoisotopic (exact) mass is 208 g/mol. The van der Waals surface area contributed by atoms with Gasteiger partial charge in [-0.15, -0.1) is 0 Å². The number of allylic oxidation sites excluding steroid dienone is 1. The maximum absolute atomic E-state index is 2.28. The van der Waals surface area contributed by atoms with E-state index in [4.69, 9.17) is 0 Å². The lowest BCUT2D eigenvalue weighted by Gasteiger charge is -2.11. The van der Waals surface area contributed by atoms with Crippen LogP contribution < -0.4 is 0 Å². The zero-order valence-corrected chi connectivity index (χ0v) is 9.57. The summed E-state index contributed by atoms with van der Waals surface area (Å²) in [5.41, 5.74) is 5.32. The molecule has 0 unspecified atom stereocenters. The molecule has 1 aliphatic rings. The highest BCUT2D eigenvalue weighted by atomic mass is 14.9. The van der Waals surface area contributed by atoms with Gasteiger partial charge in [0.15, 0.2) is 0 Å². The van der Waals surface area contributed by atoms with E-state index < -0.39 is 0 Å². The third-order valence-corrected chi connectivity index (χ3v) is 3.29. The van der Waals surface area contributed by atoms with Crippen molar-refractivity contribution in [3.63, 3.8) is 0 Å². The van der Waals surface area contributed by atoms with Crippen LogP contribution in [0.5, 0.6) is 0 Å². The SMILES string of the molecule is C[C]1C(c2cccn2C)=Cc2ccccc21. The van der Waals surface area contributed by atoms with Gasteiger partial charge in [0.05, 0.1) is 0 Å². The average molecular weight is 208 g/mol. The summed E-state index contributed by atoms with van der Waals surface area (Å²) in [7, 11) is 2.09. The van der Waals surface area contributed by atoms with Gasteiger partial charge in [0.2, 0.25) is 0 Å². The smallest absolute Gasteiger partial charge is 0.0446 e. The van der Waals surface area contributed by atoms with Crippen molar-refractivity contribution in [1.29, 1.82) is 0 Å². The molecule has 1 aromatic heterocycles. The molecule has 16 heavy (non-hydrogen) atoms. The quantitative estimate of drug-likeness (QED) is 0.675. The molecule has 1 radical (unpaired) electrons. The van der Waals surface area contributed by atoms with Crippen LogP contribution in [0.25, 0.3) is 11.6 Å². The first kappa shape index (κ1) is 9.46. The topological polar surface area (TPSA) is 4.93 Å². The van der Waals surface area contributed by atoms with Crippen molar-refractivity contribution in [3.05, 3.63) is 65.3 Å². The minimum atomic E-state index is 1.29. The van der Waals surface area contributed by atoms with Crippen LogP contribution in [0.3, 0.4) is 0 Å². The second-order valence-corrected chi connectivity index (χ2v) is 4.27.